The van der Waals surface area contributed by atoms with Crippen molar-refractivity contribution >= 4 is 50.3 Å². The van der Waals surface area contributed by atoms with Crippen LogP contribution in [0.5, 0.6) is 0 Å². The predicted molar refractivity (Wildman–Crippen MR) is 109 cm³/mol. The molecule has 0 aliphatic carbocycles. The lowest BCUT2D eigenvalue weighted by molar-refractivity contribution is 0.104. The molecule has 0 spiro atoms. The Morgan fingerprint density at radius 1 is 1.07 bits per heavy atom. The molecule has 0 atom stereocenters. The van der Waals surface area contributed by atoms with Gasteiger partial charge in [0, 0.05) is 28.1 Å². The van der Waals surface area contributed by atoms with Crippen molar-refractivity contribution in [2.45, 2.75) is 11.4 Å². The molecule has 0 unspecified atom stereocenters. The summed E-state index contributed by atoms with van der Waals surface area (Å²) in [5.41, 5.74) is 1.04. The molecule has 3 rings (SSSR count). The number of anilines is 1. The molecular formula is C18H16N2O5S3. The van der Waals surface area contributed by atoms with Gasteiger partial charge in [-0.05, 0) is 47.8 Å². The summed E-state index contributed by atoms with van der Waals surface area (Å²) in [4.78, 5) is 24.8. The number of carbonyl (C=O) groups excluding carboxylic acids is 2. The van der Waals surface area contributed by atoms with E-state index in [1.807, 2.05) is 5.38 Å². The van der Waals surface area contributed by atoms with Crippen LogP contribution in [0.1, 0.15) is 20.1 Å². The van der Waals surface area contributed by atoms with Crippen LogP contribution in [0, 0.1) is 0 Å². The predicted octanol–water partition coefficient (Wildman–Crippen LogP) is 3.70. The fourth-order valence-electron chi connectivity index (χ4n) is 2.27. The zero-order valence-electron chi connectivity index (χ0n) is 14.7. The first-order chi connectivity index (χ1) is 13.4. The highest BCUT2D eigenvalue weighted by molar-refractivity contribution is 7.89. The number of hydrogen-bond acceptors (Lipinski definition) is 7. The van der Waals surface area contributed by atoms with Crippen molar-refractivity contribution in [1.29, 1.82) is 0 Å². The Morgan fingerprint density at radius 2 is 1.82 bits per heavy atom. The van der Waals surface area contributed by atoms with E-state index in [1.165, 1.54) is 54.0 Å². The highest BCUT2D eigenvalue weighted by atomic mass is 32.2. The molecular weight excluding hydrogens is 420 g/mol. The van der Waals surface area contributed by atoms with E-state index < -0.39 is 16.1 Å². The van der Waals surface area contributed by atoms with Crippen LogP contribution in [0.15, 0.2) is 58.1 Å². The van der Waals surface area contributed by atoms with Gasteiger partial charge in [-0.1, -0.05) is 0 Å². The molecule has 0 saturated carbocycles. The molecule has 2 N–H and O–H groups in total. The number of ether oxygens (including phenoxy) is 1. The summed E-state index contributed by atoms with van der Waals surface area (Å²) in [7, 11) is -2.50. The third kappa shape index (κ3) is 4.84. The second-order valence-corrected chi connectivity index (χ2v) is 9.29. The number of benzene rings is 1. The van der Waals surface area contributed by atoms with Crippen LogP contribution in [-0.4, -0.2) is 27.4 Å². The molecule has 2 aromatic heterocycles. The monoisotopic (exact) mass is 436 g/mol. The van der Waals surface area contributed by atoms with Gasteiger partial charge in [0.05, 0.1) is 16.9 Å². The molecule has 0 saturated heterocycles. The molecule has 1 amide bonds. The molecule has 0 radical (unpaired) electrons. The van der Waals surface area contributed by atoms with Crippen LogP contribution >= 0.6 is 22.7 Å². The number of carbonyl (C=O) groups is 2. The Labute approximate surface area is 170 Å². The summed E-state index contributed by atoms with van der Waals surface area (Å²) in [5.74, 6) is -0.0750. The third-order valence-corrected chi connectivity index (χ3v) is 6.89. The summed E-state index contributed by atoms with van der Waals surface area (Å²) in [6.45, 7) is 0.0755. The largest absolute Gasteiger partial charge is 0.453 e. The number of hydrogen-bond donors (Lipinski definition) is 2. The van der Waals surface area contributed by atoms with E-state index in [4.69, 9.17) is 0 Å². The molecule has 146 valence electrons. The van der Waals surface area contributed by atoms with E-state index in [9.17, 15) is 18.0 Å². The van der Waals surface area contributed by atoms with Gasteiger partial charge in [0.25, 0.3) is 0 Å². The maximum absolute atomic E-state index is 12.4. The topological polar surface area (TPSA) is 102 Å². The Kier molecular flexibility index (Phi) is 6.25. The Hall–Kier alpha value is -2.53. The van der Waals surface area contributed by atoms with Gasteiger partial charge in [-0.25, -0.2) is 17.9 Å². The van der Waals surface area contributed by atoms with Crippen LogP contribution in [0.25, 0.3) is 0 Å². The fourth-order valence-corrected chi connectivity index (χ4v) is 4.91. The van der Waals surface area contributed by atoms with Crippen molar-refractivity contribution in [3.05, 3.63) is 68.5 Å². The molecule has 3 aromatic rings. The summed E-state index contributed by atoms with van der Waals surface area (Å²) >= 11 is 2.70. The maximum atomic E-state index is 12.4. The van der Waals surface area contributed by atoms with Crippen LogP contribution < -0.4 is 10.0 Å². The molecule has 7 nitrogen and oxygen atoms in total. The van der Waals surface area contributed by atoms with Crippen LogP contribution in [0.2, 0.25) is 0 Å². The second kappa shape index (κ2) is 8.65. The van der Waals surface area contributed by atoms with Gasteiger partial charge in [-0.3, -0.25) is 10.1 Å². The lowest BCUT2D eigenvalue weighted by Gasteiger charge is -2.07. The van der Waals surface area contributed by atoms with E-state index in [-0.39, 0.29) is 17.2 Å². The molecule has 28 heavy (non-hydrogen) atoms. The lowest BCUT2D eigenvalue weighted by atomic mass is 10.2. The van der Waals surface area contributed by atoms with Crippen LogP contribution in [0.4, 0.5) is 10.5 Å². The van der Waals surface area contributed by atoms with E-state index in [0.717, 1.165) is 4.88 Å². The van der Waals surface area contributed by atoms with Gasteiger partial charge >= 0.3 is 6.09 Å². The van der Waals surface area contributed by atoms with E-state index in [0.29, 0.717) is 16.1 Å². The first-order valence-electron chi connectivity index (χ1n) is 7.99. The minimum absolute atomic E-state index is 0.0639. The Balaban J connectivity index is 1.64. The Morgan fingerprint density at radius 3 is 2.46 bits per heavy atom. The smallest absolute Gasteiger partial charge is 0.411 e. The molecule has 0 bridgehead atoms. The number of methoxy groups -OCH3 is 1. The zero-order chi connectivity index (χ0) is 20.1. The zero-order valence-corrected chi connectivity index (χ0v) is 17.1. The molecule has 0 fully saturated rings. The van der Waals surface area contributed by atoms with Gasteiger partial charge < -0.3 is 4.74 Å². The summed E-state index contributed by atoms with van der Waals surface area (Å²) in [5, 5.41) is 6.06. The minimum atomic E-state index is -3.73. The number of sulfonamides is 1. The SMILES string of the molecule is COC(=O)Nc1ccc(S(=O)(=O)NCc2ccc(C(=O)c3ccsc3)s2)cc1. The average molecular weight is 437 g/mol. The third-order valence-electron chi connectivity index (χ3n) is 3.70. The van der Waals surface area contributed by atoms with Crippen molar-refractivity contribution in [3.8, 4) is 0 Å². The first kappa shape index (κ1) is 20.2. The quantitative estimate of drug-likeness (QED) is 0.550. The number of thiophene rings is 2. The Bertz CT molecular complexity index is 1070. The average Bonchev–Trinajstić information content (AvgIpc) is 3.38. The van der Waals surface area contributed by atoms with Crippen molar-refractivity contribution in [2.75, 3.05) is 12.4 Å². The molecule has 10 heteroatoms. The number of rotatable bonds is 7. The minimum Gasteiger partial charge on any atom is -0.453 e. The number of ketones is 1. The maximum Gasteiger partial charge on any atom is 0.411 e. The molecule has 2 heterocycles. The van der Waals surface area contributed by atoms with Gasteiger partial charge in [0.1, 0.15) is 0 Å². The summed E-state index contributed by atoms with van der Waals surface area (Å²) in [6, 6.07) is 10.9. The van der Waals surface area contributed by atoms with Gasteiger partial charge in [0.15, 0.2) is 0 Å². The van der Waals surface area contributed by atoms with Crippen molar-refractivity contribution in [1.82, 2.24) is 4.72 Å². The lowest BCUT2D eigenvalue weighted by Crippen LogP contribution is -2.22. The normalized spacial score (nSPS) is 11.2. The molecule has 0 aliphatic heterocycles. The molecule has 1 aromatic carbocycles. The fraction of sp³-hybridized carbons (Fsp3) is 0.111. The van der Waals surface area contributed by atoms with Crippen LogP contribution in [0.3, 0.4) is 0 Å². The van der Waals surface area contributed by atoms with E-state index in [2.05, 4.69) is 14.8 Å². The van der Waals surface area contributed by atoms with Crippen molar-refractivity contribution < 1.29 is 22.7 Å². The first-order valence-corrected chi connectivity index (χ1v) is 11.2. The van der Waals surface area contributed by atoms with Crippen molar-refractivity contribution in [3.63, 3.8) is 0 Å². The van der Waals surface area contributed by atoms with Gasteiger partial charge in [-0.15, -0.1) is 11.3 Å². The van der Waals surface area contributed by atoms with E-state index in [1.54, 1.807) is 23.6 Å². The van der Waals surface area contributed by atoms with Crippen molar-refractivity contribution in [2.24, 2.45) is 0 Å². The summed E-state index contributed by atoms with van der Waals surface area (Å²) < 4.78 is 31.9. The summed E-state index contributed by atoms with van der Waals surface area (Å²) in [6.07, 6.45) is -0.640. The van der Waals surface area contributed by atoms with Gasteiger partial charge in [0.2, 0.25) is 15.8 Å². The van der Waals surface area contributed by atoms with Gasteiger partial charge in [-0.2, -0.15) is 11.3 Å². The van der Waals surface area contributed by atoms with E-state index >= 15 is 0 Å². The second-order valence-electron chi connectivity index (χ2n) is 5.57. The highest BCUT2D eigenvalue weighted by Gasteiger charge is 2.16. The highest BCUT2D eigenvalue weighted by Crippen LogP contribution is 2.22. The number of amides is 1. The standard InChI is InChI=1S/C18H16N2O5S3/c1-25-18(22)20-13-2-5-15(6-3-13)28(23,24)19-10-14-4-7-16(27-14)17(21)12-8-9-26-11-12/h2-9,11,19H,10H2,1H3,(H,20,22). The van der Waals surface area contributed by atoms with Crippen LogP contribution in [-0.2, 0) is 21.3 Å². The molecule has 0 aliphatic rings. The number of nitrogens with one attached hydrogen (secondary N) is 2.